The molecule has 6 heteroatoms. The highest BCUT2D eigenvalue weighted by Crippen LogP contribution is 2.50. The molecule has 0 aromatic heterocycles. The number of esters is 2. The largest absolute Gasteiger partial charge is 0.463 e. The smallest absolute Gasteiger partial charge is 0.334 e. The van der Waals surface area contributed by atoms with Crippen molar-refractivity contribution in [3.63, 3.8) is 0 Å². The molecular weight excluding hydrogens is 360 g/mol. The Labute approximate surface area is 166 Å². The minimum atomic E-state index is -1.59. The second kappa shape index (κ2) is 7.84. The molecule has 2 fully saturated rings. The van der Waals surface area contributed by atoms with Crippen molar-refractivity contribution in [2.45, 2.75) is 76.8 Å². The fraction of sp³-hybridized carbons (Fsp3) is 0.636. The molecule has 6 nitrogen and oxygen atoms in total. The van der Waals surface area contributed by atoms with Crippen molar-refractivity contribution in [2.24, 2.45) is 5.92 Å². The third-order valence-electron chi connectivity index (χ3n) is 6.04. The number of hydrogen-bond donors (Lipinski definition) is 1. The molecule has 3 aliphatic rings. The van der Waals surface area contributed by atoms with Crippen molar-refractivity contribution in [1.82, 2.24) is 0 Å². The van der Waals surface area contributed by atoms with E-state index in [4.69, 9.17) is 14.2 Å². The summed E-state index contributed by atoms with van der Waals surface area (Å²) in [4.78, 5) is 24.0. The molecular formula is C22H30O6. The Bertz CT molecular complexity index is 735. The summed E-state index contributed by atoms with van der Waals surface area (Å²) in [7, 11) is 0. The van der Waals surface area contributed by atoms with Crippen LogP contribution < -0.4 is 0 Å². The summed E-state index contributed by atoms with van der Waals surface area (Å²) >= 11 is 0. The highest BCUT2D eigenvalue weighted by molar-refractivity contribution is 5.89. The van der Waals surface area contributed by atoms with Gasteiger partial charge in [0.2, 0.25) is 0 Å². The van der Waals surface area contributed by atoms with E-state index in [1.54, 1.807) is 0 Å². The van der Waals surface area contributed by atoms with E-state index in [2.05, 4.69) is 25.7 Å². The predicted octanol–water partition coefficient (Wildman–Crippen LogP) is 3.35. The standard InChI is InChI=1S/C22H30O6/c1-14-7-5-8-15(2)12-22(25)18-11-19(27-20(24)16(18)3)21(28-22,10-6-9-14)13-26-17(4)23/h8-9,18-19,25H,3,5-7,10-13H2,1-2,4H3/b14-9-,15-8+/t18-,19-,21-,22+/m1/s1. The quantitative estimate of drug-likeness (QED) is 0.442. The zero-order valence-corrected chi connectivity index (χ0v) is 17.0. The van der Waals surface area contributed by atoms with Gasteiger partial charge in [-0.3, -0.25) is 4.79 Å². The van der Waals surface area contributed by atoms with Gasteiger partial charge in [0, 0.05) is 24.8 Å². The van der Waals surface area contributed by atoms with Crippen molar-refractivity contribution >= 4 is 11.9 Å². The topological polar surface area (TPSA) is 82.1 Å². The van der Waals surface area contributed by atoms with Crippen molar-refractivity contribution < 1.29 is 28.9 Å². The van der Waals surface area contributed by atoms with Gasteiger partial charge in [-0.1, -0.05) is 29.9 Å². The van der Waals surface area contributed by atoms with Crippen LogP contribution in [0.4, 0.5) is 0 Å². The van der Waals surface area contributed by atoms with Crippen LogP contribution in [0.2, 0.25) is 0 Å². The molecule has 4 atom stereocenters. The van der Waals surface area contributed by atoms with Crippen molar-refractivity contribution in [2.75, 3.05) is 6.61 Å². The first-order valence-electron chi connectivity index (χ1n) is 9.92. The van der Waals surface area contributed by atoms with Crippen LogP contribution in [0.25, 0.3) is 0 Å². The van der Waals surface area contributed by atoms with Gasteiger partial charge in [-0.15, -0.1) is 0 Å². The molecule has 28 heavy (non-hydrogen) atoms. The minimum Gasteiger partial charge on any atom is -0.463 e. The molecule has 0 unspecified atom stereocenters. The molecule has 4 bridgehead atoms. The van der Waals surface area contributed by atoms with Crippen molar-refractivity contribution in [3.05, 3.63) is 35.5 Å². The van der Waals surface area contributed by atoms with E-state index in [-0.39, 0.29) is 18.6 Å². The molecule has 154 valence electrons. The van der Waals surface area contributed by atoms with Crippen LogP contribution in [-0.2, 0) is 23.8 Å². The minimum absolute atomic E-state index is 0.0720. The van der Waals surface area contributed by atoms with E-state index in [9.17, 15) is 14.7 Å². The molecule has 0 aromatic carbocycles. The molecule has 3 rings (SSSR count). The average molecular weight is 390 g/mol. The molecule has 0 radical (unpaired) electrons. The van der Waals surface area contributed by atoms with E-state index in [1.165, 1.54) is 12.5 Å². The Kier molecular flexibility index (Phi) is 5.82. The van der Waals surface area contributed by atoms with Crippen LogP contribution in [0.1, 0.15) is 59.3 Å². The lowest BCUT2D eigenvalue weighted by Gasteiger charge is -2.55. The lowest BCUT2D eigenvalue weighted by molar-refractivity contribution is -0.351. The van der Waals surface area contributed by atoms with E-state index in [0.29, 0.717) is 19.3 Å². The molecule has 1 N–H and O–H groups in total. The highest BCUT2D eigenvalue weighted by atomic mass is 16.7. The molecule has 3 aliphatic heterocycles. The van der Waals surface area contributed by atoms with E-state index in [0.717, 1.165) is 18.4 Å². The molecule has 0 saturated carbocycles. The molecule has 0 aromatic rings. The lowest BCUT2D eigenvalue weighted by Crippen LogP contribution is -2.66. The van der Waals surface area contributed by atoms with Gasteiger partial charge >= 0.3 is 11.9 Å². The summed E-state index contributed by atoms with van der Waals surface area (Å²) in [5, 5.41) is 11.6. The molecule has 0 amide bonds. The van der Waals surface area contributed by atoms with Crippen LogP contribution in [0, 0.1) is 5.92 Å². The second-order valence-corrected chi connectivity index (χ2v) is 8.35. The van der Waals surface area contributed by atoms with Crippen LogP contribution in [0.3, 0.4) is 0 Å². The Hall–Kier alpha value is -1.92. The Morgan fingerprint density at radius 3 is 2.75 bits per heavy atom. The summed E-state index contributed by atoms with van der Waals surface area (Å²) in [5.74, 6) is -3.10. The molecule has 2 saturated heterocycles. The summed E-state index contributed by atoms with van der Waals surface area (Å²) in [6.45, 7) is 9.14. The fourth-order valence-electron chi connectivity index (χ4n) is 4.49. The predicted molar refractivity (Wildman–Crippen MR) is 103 cm³/mol. The molecule has 0 spiro atoms. The normalized spacial score (nSPS) is 40.0. The number of carbonyl (C=O) groups excluding carboxylic acids is 2. The van der Waals surface area contributed by atoms with Crippen molar-refractivity contribution in [1.29, 1.82) is 0 Å². The third kappa shape index (κ3) is 4.08. The number of allylic oxidation sites excluding steroid dienone is 3. The summed E-state index contributed by atoms with van der Waals surface area (Å²) in [6, 6.07) is 0. The first-order chi connectivity index (χ1) is 13.2. The second-order valence-electron chi connectivity index (χ2n) is 8.35. The number of carbonyl (C=O) groups is 2. The van der Waals surface area contributed by atoms with Gasteiger partial charge in [0.15, 0.2) is 5.79 Å². The first kappa shape index (κ1) is 20.8. The number of aliphatic hydroxyl groups is 1. The number of fused-ring (bicyclic) bond motifs is 6. The number of hydrogen-bond acceptors (Lipinski definition) is 6. The first-order valence-corrected chi connectivity index (χ1v) is 9.92. The van der Waals surface area contributed by atoms with E-state index in [1.807, 2.05) is 6.92 Å². The highest BCUT2D eigenvalue weighted by Gasteiger charge is 2.61. The van der Waals surface area contributed by atoms with Gasteiger partial charge in [0.1, 0.15) is 18.3 Å². The Balaban J connectivity index is 2.04. The van der Waals surface area contributed by atoms with Gasteiger partial charge in [0.25, 0.3) is 0 Å². The van der Waals surface area contributed by atoms with Crippen LogP contribution >= 0.6 is 0 Å². The number of rotatable bonds is 2. The lowest BCUT2D eigenvalue weighted by atomic mass is 9.72. The van der Waals surface area contributed by atoms with Crippen LogP contribution in [-0.4, -0.2) is 41.1 Å². The maximum Gasteiger partial charge on any atom is 0.334 e. The summed E-state index contributed by atoms with van der Waals surface area (Å²) in [6.07, 6.45) is 7.28. The van der Waals surface area contributed by atoms with Gasteiger partial charge in [0.05, 0.1) is 0 Å². The van der Waals surface area contributed by atoms with Gasteiger partial charge in [-0.05, 0) is 46.0 Å². The van der Waals surface area contributed by atoms with E-state index >= 15 is 0 Å². The van der Waals surface area contributed by atoms with E-state index < -0.39 is 35.3 Å². The van der Waals surface area contributed by atoms with Gasteiger partial charge in [-0.2, -0.15) is 0 Å². The molecule has 0 aliphatic carbocycles. The third-order valence-corrected chi connectivity index (χ3v) is 6.04. The van der Waals surface area contributed by atoms with Crippen LogP contribution in [0.5, 0.6) is 0 Å². The zero-order valence-electron chi connectivity index (χ0n) is 17.0. The average Bonchev–Trinajstić information content (AvgIpc) is 2.60. The summed E-state index contributed by atoms with van der Waals surface area (Å²) in [5.41, 5.74) is 1.40. The fourth-order valence-corrected chi connectivity index (χ4v) is 4.49. The zero-order chi connectivity index (χ0) is 20.5. The van der Waals surface area contributed by atoms with Gasteiger partial charge in [-0.25, -0.2) is 4.79 Å². The Morgan fingerprint density at radius 2 is 2.04 bits per heavy atom. The molecule has 3 heterocycles. The van der Waals surface area contributed by atoms with Crippen LogP contribution in [0.15, 0.2) is 35.5 Å². The summed E-state index contributed by atoms with van der Waals surface area (Å²) < 4.78 is 17.3. The SMILES string of the molecule is C=C1C(=O)O[C@@H]2C[C@H]1[C@]1(O)C/C(C)=C/CC/C(C)=C\CC[C@]2(COC(C)=O)O1. The maximum atomic E-state index is 12.4. The van der Waals surface area contributed by atoms with Crippen molar-refractivity contribution in [3.8, 4) is 0 Å². The number of ether oxygens (including phenoxy) is 3. The van der Waals surface area contributed by atoms with Gasteiger partial charge < -0.3 is 19.3 Å². The Morgan fingerprint density at radius 1 is 1.32 bits per heavy atom. The maximum absolute atomic E-state index is 12.4. The monoisotopic (exact) mass is 390 g/mol.